The number of rotatable bonds is 5. The monoisotopic (exact) mass is 247 g/mol. The Kier molecular flexibility index (Phi) is 5.40. The minimum atomic E-state index is 0.231. The standard InChI is InChI=1S/C17H29N/c1-6-14-9-10-15(17(3,4)5)12-16(14)13(2)8-7-11-18/h9-10,12-13H,6-8,11,18H2,1-5H3. The summed E-state index contributed by atoms with van der Waals surface area (Å²) < 4.78 is 0. The summed E-state index contributed by atoms with van der Waals surface area (Å²) >= 11 is 0. The predicted octanol–water partition coefficient (Wildman–Crippen LogP) is 4.39. The highest BCUT2D eigenvalue weighted by Gasteiger charge is 2.17. The molecule has 1 rings (SSSR count). The van der Waals surface area contributed by atoms with Crippen LogP contribution in [0.15, 0.2) is 18.2 Å². The second-order valence-electron chi connectivity index (χ2n) is 6.35. The van der Waals surface area contributed by atoms with Crippen molar-refractivity contribution in [3.63, 3.8) is 0 Å². The average molecular weight is 247 g/mol. The highest BCUT2D eigenvalue weighted by molar-refractivity contribution is 5.37. The van der Waals surface area contributed by atoms with Gasteiger partial charge in [0.05, 0.1) is 0 Å². The minimum absolute atomic E-state index is 0.231. The van der Waals surface area contributed by atoms with Gasteiger partial charge in [0, 0.05) is 0 Å². The van der Waals surface area contributed by atoms with Gasteiger partial charge in [-0.15, -0.1) is 0 Å². The third kappa shape index (κ3) is 3.84. The number of nitrogens with two attached hydrogens (primary N) is 1. The first-order valence-corrected chi connectivity index (χ1v) is 7.23. The molecule has 0 aromatic heterocycles. The van der Waals surface area contributed by atoms with Gasteiger partial charge in [0.2, 0.25) is 0 Å². The molecule has 0 heterocycles. The van der Waals surface area contributed by atoms with Crippen molar-refractivity contribution in [2.24, 2.45) is 5.73 Å². The van der Waals surface area contributed by atoms with E-state index < -0.39 is 0 Å². The van der Waals surface area contributed by atoms with Crippen molar-refractivity contribution in [2.45, 2.75) is 65.2 Å². The van der Waals surface area contributed by atoms with Crippen LogP contribution < -0.4 is 5.73 Å². The Balaban J connectivity index is 3.06. The lowest BCUT2D eigenvalue weighted by atomic mass is 9.82. The molecule has 1 aromatic rings. The molecule has 1 aromatic carbocycles. The van der Waals surface area contributed by atoms with Crippen LogP contribution in [0.2, 0.25) is 0 Å². The molecule has 18 heavy (non-hydrogen) atoms. The summed E-state index contributed by atoms with van der Waals surface area (Å²) in [4.78, 5) is 0. The van der Waals surface area contributed by atoms with Gasteiger partial charge >= 0.3 is 0 Å². The Labute approximate surface area is 113 Å². The topological polar surface area (TPSA) is 26.0 Å². The molecule has 2 N–H and O–H groups in total. The lowest BCUT2D eigenvalue weighted by Gasteiger charge is -2.23. The zero-order valence-electron chi connectivity index (χ0n) is 12.7. The van der Waals surface area contributed by atoms with Crippen LogP contribution in [0.4, 0.5) is 0 Å². The average Bonchev–Trinajstić information content (AvgIpc) is 2.34. The van der Waals surface area contributed by atoms with Crippen molar-refractivity contribution in [3.05, 3.63) is 34.9 Å². The molecule has 0 aliphatic carbocycles. The molecule has 0 bridgehead atoms. The molecule has 0 aliphatic rings. The van der Waals surface area contributed by atoms with Crippen molar-refractivity contribution >= 4 is 0 Å². The van der Waals surface area contributed by atoms with Crippen LogP contribution in [-0.2, 0) is 11.8 Å². The van der Waals surface area contributed by atoms with Crippen LogP contribution in [0.5, 0.6) is 0 Å². The van der Waals surface area contributed by atoms with Crippen molar-refractivity contribution in [3.8, 4) is 0 Å². The summed E-state index contributed by atoms with van der Waals surface area (Å²) in [5.41, 5.74) is 10.3. The van der Waals surface area contributed by atoms with E-state index in [4.69, 9.17) is 5.73 Å². The molecule has 0 aliphatic heterocycles. The van der Waals surface area contributed by atoms with E-state index in [-0.39, 0.29) is 5.41 Å². The molecule has 1 atom stereocenters. The van der Waals surface area contributed by atoms with Crippen molar-refractivity contribution in [1.82, 2.24) is 0 Å². The maximum absolute atomic E-state index is 5.62. The molecule has 1 unspecified atom stereocenters. The maximum Gasteiger partial charge on any atom is -0.00771 e. The molecule has 1 heteroatoms. The summed E-state index contributed by atoms with van der Waals surface area (Å²) in [5.74, 6) is 0.616. The quantitative estimate of drug-likeness (QED) is 0.820. The van der Waals surface area contributed by atoms with E-state index in [0.29, 0.717) is 5.92 Å². The first kappa shape index (κ1) is 15.2. The second kappa shape index (κ2) is 6.38. The van der Waals surface area contributed by atoms with Crippen LogP contribution in [0.1, 0.15) is 70.1 Å². The highest BCUT2D eigenvalue weighted by Crippen LogP contribution is 2.30. The summed E-state index contributed by atoms with van der Waals surface area (Å²) in [6, 6.07) is 7.02. The number of benzene rings is 1. The van der Waals surface area contributed by atoms with Gasteiger partial charge in [0.1, 0.15) is 0 Å². The molecule has 0 amide bonds. The van der Waals surface area contributed by atoms with E-state index >= 15 is 0 Å². The molecule has 0 saturated carbocycles. The number of aryl methyl sites for hydroxylation is 1. The molecule has 102 valence electrons. The van der Waals surface area contributed by atoms with Crippen LogP contribution in [0.25, 0.3) is 0 Å². The Morgan fingerprint density at radius 3 is 2.39 bits per heavy atom. The van der Waals surface area contributed by atoms with Crippen molar-refractivity contribution in [2.75, 3.05) is 6.54 Å². The fraction of sp³-hybridized carbons (Fsp3) is 0.647. The predicted molar refractivity (Wildman–Crippen MR) is 81.2 cm³/mol. The highest BCUT2D eigenvalue weighted by atomic mass is 14.5. The zero-order chi connectivity index (χ0) is 13.8. The first-order valence-electron chi connectivity index (χ1n) is 7.23. The SMILES string of the molecule is CCc1ccc(C(C)(C)C)cc1C(C)CCCN. The maximum atomic E-state index is 5.62. The number of hydrogen-bond donors (Lipinski definition) is 1. The van der Waals surface area contributed by atoms with E-state index in [2.05, 4.69) is 52.8 Å². The van der Waals surface area contributed by atoms with Gasteiger partial charge in [-0.25, -0.2) is 0 Å². The molecule has 0 spiro atoms. The van der Waals surface area contributed by atoms with Crippen LogP contribution in [0.3, 0.4) is 0 Å². The van der Waals surface area contributed by atoms with E-state index in [1.54, 1.807) is 0 Å². The van der Waals surface area contributed by atoms with Crippen LogP contribution in [0, 0.1) is 0 Å². The molecular formula is C17H29N. The summed E-state index contributed by atoms with van der Waals surface area (Å²) in [5, 5.41) is 0. The zero-order valence-corrected chi connectivity index (χ0v) is 12.7. The fourth-order valence-electron chi connectivity index (χ4n) is 2.42. The van der Waals surface area contributed by atoms with Crippen LogP contribution >= 0.6 is 0 Å². The normalized spacial score (nSPS) is 13.7. The lowest BCUT2D eigenvalue weighted by molar-refractivity contribution is 0.583. The second-order valence-corrected chi connectivity index (χ2v) is 6.35. The van der Waals surface area contributed by atoms with Gasteiger partial charge in [-0.2, -0.15) is 0 Å². The molecule has 0 saturated heterocycles. The van der Waals surface area contributed by atoms with E-state index in [9.17, 15) is 0 Å². The lowest BCUT2D eigenvalue weighted by Crippen LogP contribution is -2.13. The van der Waals surface area contributed by atoms with E-state index in [0.717, 1.165) is 19.4 Å². The smallest absolute Gasteiger partial charge is 0.00771 e. The third-order valence-electron chi connectivity index (χ3n) is 3.76. The van der Waals surface area contributed by atoms with Gasteiger partial charge in [0.25, 0.3) is 0 Å². The Bertz CT molecular complexity index is 374. The Hall–Kier alpha value is -0.820. The Morgan fingerprint density at radius 1 is 1.22 bits per heavy atom. The third-order valence-corrected chi connectivity index (χ3v) is 3.76. The van der Waals surface area contributed by atoms with Gasteiger partial charge in [-0.1, -0.05) is 52.8 Å². The molecular weight excluding hydrogens is 218 g/mol. The largest absolute Gasteiger partial charge is 0.330 e. The molecule has 0 fully saturated rings. The Morgan fingerprint density at radius 2 is 1.89 bits per heavy atom. The summed E-state index contributed by atoms with van der Waals surface area (Å²) in [7, 11) is 0. The van der Waals surface area contributed by atoms with Crippen molar-refractivity contribution < 1.29 is 0 Å². The molecule has 0 radical (unpaired) electrons. The van der Waals surface area contributed by atoms with Gasteiger partial charge < -0.3 is 5.73 Å². The van der Waals surface area contributed by atoms with E-state index in [1.165, 1.54) is 23.1 Å². The summed E-state index contributed by atoms with van der Waals surface area (Å²) in [6.07, 6.45) is 3.42. The van der Waals surface area contributed by atoms with E-state index in [1.807, 2.05) is 0 Å². The fourth-order valence-corrected chi connectivity index (χ4v) is 2.42. The first-order chi connectivity index (χ1) is 8.40. The van der Waals surface area contributed by atoms with Crippen LogP contribution in [-0.4, -0.2) is 6.54 Å². The molecule has 1 nitrogen and oxygen atoms in total. The van der Waals surface area contributed by atoms with Gasteiger partial charge in [0.15, 0.2) is 0 Å². The summed E-state index contributed by atoms with van der Waals surface area (Å²) in [6.45, 7) is 12.2. The number of hydrogen-bond acceptors (Lipinski definition) is 1. The van der Waals surface area contributed by atoms with Crippen molar-refractivity contribution in [1.29, 1.82) is 0 Å². The minimum Gasteiger partial charge on any atom is -0.330 e. The van der Waals surface area contributed by atoms with Gasteiger partial charge in [-0.3, -0.25) is 0 Å². The van der Waals surface area contributed by atoms with Gasteiger partial charge in [-0.05, 0) is 53.8 Å².